The molecule has 2 N–H and O–H groups in total. The van der Waals surface area contributed by atoms with E-state index in [1.807, 2.05) is 0 Å². The zero-order chi connectivity index (χ0) is 12.0. The number of nitro benzene ring substituents is 1. The zero-order valence-corrected chi connectivity index (χ0v) is 8.12. The van der Waals surface area contributed by atoms with Crippen LogP contribution < -0.4 is 10.6 Å². The van der Waals surface area contributed by atoms with Crippen LogP contribution in [0.4, 0.5) is 5.69 Å². The summed E-state index contributed by atoms with van der Waals surface area (Å²) in [5, 5.41) is 15.2. The highest BCUT2D eigenvalue weighted by atomic mass is 16.6. The van der Waals surface area contributed by atoms with Gasteiger partial charge in [0.25, 0.3) is 5.69 Å². The second kappa shape index (κ2) is 5.44. The molecule has 0 unspecified atom stereocenters. The molecule has 7 heteroatoms. The van der Waals surface area contributed by atoms with Gasteiger partial charge in [-0.3, -0.25) is 19.7 Å². The van der Waals surface area contributed by atoms with E-state index in [0.717, 1.165) is 0 Å². The van der Waals surface area contributed by atoms with Crippen molar-refractivity contribution in [2.75, 3.05) is 0 Å². The van der Waals surface area contributed by atoms with E-state index in [4.69, 9.17) is 0 Å². The Hall–Kier alpha value is -2.44. The Morgan fingerprint density at radius 3 is 2.25 bits per heavy atom. The fraction of sp³-hybridized carbons (Fsp3) is 0.111. The molecule has 0 aromatic heterocycles. The molecule has 2 amide bonds. The number of amides is 2. The number of para-hydroxylation sites is 1. The van der Waals surface area contributed by atoms with Crippen molar-refractivity contribution in [3.05, 3.63) is 39.9 Å². The number of nitro groups is 1. The first-order chi connectivity index (χ1) is 7.70. The van der Waals surface area contributed by atoms with E-state index in [1.165, 1.54) is 18.2 Å². The predicted octanol–water partition coefficient (Wildman–Crippen LogP) is 0.0854. The van der Waals surface area contributed by atoms with E-state index in [0.29, 0.717) is 12.8 Å². The first-order valence-corrected chi connectivity index (χ1v) is 4.33. The normalized spacial score (nSPS) is 9.56. The van der Waals surface area contributed by atoms with Gasteiger partial charge in [0.05, 0.1) is 10.5 Å². The summed E-state index contributed by atoms with van der Waals surface area (Å²) in [6.45, 7) is 0. The van der Waals surface area contributed by atoms with Crippen molar-refractivity contribution in [2.24, 2.45) is 0 Å². The monoisotopic (exact) mass is 223 g/mol. The van der Waals surface area contributed by atoms with Gasteiger partial charge in [-0.15, -0.1) is 0 Å². The fourth-order valence-corrected chi connectivity index (χ4v) is 1.26. The molecular formula is C9H9N3O4. The van der Waals surface area contributed by atoms with Gasteiger partial charge in [0.2, 0.25) is 12.8 Å². The van der Waals surface area contributed by atoms with Crippen LogP contribution in [0.3, 0.4) is 0 Å². The lowest BCUT2D eigenvalue weighted by Crippen LogP contribution is -2.32. The van der Waals surface area contributed by atoms with E-state index in [-0.39, 0.29) is 11.3 Å². The molecule has 0 saturated carbocycles. The highest BCUT2D eigenvalue weighted by Crippen LogP contribution is 2.22. The van der Waals surface area contributed by atoms with Crippen molar-refractivity contribution in [1.29, 1.82) is 0 Å². The van der Waals surface area contributed by atoms with Crippen molar-refractivity contribution in [3.63, 3.8) is 0 Å². The molecule has 0 fully saturated rings. The summed E-state index contributed by atoms with van der Waals surface area (Å²) in [6.07, 6.45) is -0.188. The topological polar surface area (TPSA) is 101 Å². The van der Waals surface area contributed by atoms with Crippen LogP contribution in [-0.4, -0.2) is 17.7 Å². The summed E-state index contributed by atoms with van der Waals surface area (Å²) in [5.41, 5.74) is 0.0444. The minimum absolute atomic E-state index is 0.170. The molecular weight excluding hydrogens is 214 g/mol. The molecule has 1 aromatic rings. The Bertz CT molecular complexity index is 397. The van der Waals surface area contributed by atoms with Gasteiger partial charge >= 0.3 is 0 Å². The molecule has 1 aromatic carbocycles. The quantitative estimate of drug-likeness (QED) is 0.308. The first kappa shape index (κ1) is 11.6. The van der Waals surface area contributed by atoms with Crippen LogP contribution in [0.5, 0.6) is 0 Å². The summed E-state index contributed by atoms with van der Waals surface area (Å²) < 4.78 is 0. The Kier molecular flexibility index (Phi) is 3.96. The zero-order valence-electron chi connectivity index (χ0n) is 8.12. The Morgan fingerprint density at radius 2 is 1.75 bits per heavy atom. The average molecular weight is 223 g/mol. The summed E-state index contributed by atoms with van der Waals surface area (Å²) in [5.74, 6) is 0. The second-order valence-corrected chi connectivity index (χ2v) is 2.82. The summed E-state index contributed by atoms with van der Waals surface area (Å²) in [6, 6.07) is 5.83. The Labute approximate surface area is 90.6 Å². The van der Waals surface area contributed by atoms with Gasteiger partial charge < -0.3 is 10.6 Å². The standard InChI is InChI=1S/C9H9N3O4/c13-5-10-9(11-6-14)7-3-1-2-4-8(7)12(15)16/h1-6,9H,(H,10,13)(H,11,14). The van der Waals surface area contributed by atoms with Crippen molar-refractivity contribution < 1.29 is 14.5 Å². The molecule has 84 valence electrons. The molecule has 0 aliphatic heterocycles. The molecule has 0 aliphatic rings. The highest BCUT2D eigenvalue weighted by molar-refractivity contribution is 5.55. The van der Waals surface area contributed by atoms with Crippen molar-refractivity contribution in [3.8, 4) is 0 Å². The van der Waals surface area contributed by atoms with Gasteiger partial charge in [-0.05, 0) is 6.07 Å². The van der Waals surface area contributed by atoms with Gasteiger partial charge in [0, 0.05) is 6.07 Å². The fourth-order valence-electron chi connectivity index (χ4n) is 1.26. The number of nitrogens with zero attached hydrogens (tertiary/aromatic N) is 1. The molecule has 0 spiro atoms. The summed E-state index contributed by atoms with van der Waals surface area (Å²) in [4.78, 5) is 30.7. The van der Waals surface area contributed by atoms with E-state index in [9.17, 15) is 19.7 Å². The smallest absolute Gasteiger partial charge is 0.276 e. The number of rotatable bonds is 6. The molecule has 0 atom stereocenters. The largest absolute Gasteiger partial charge is 0.334 e. The third kappa shape index (κ3) is 2.53. The summed E-state index contributed by atoms with van der Waals surface area (Å²) in [7, 11) is 0. The maximum atomic E-state index is 10.7. The van der Waals surface area contributed by atoms with Crippen LogP contribution >= 0.6 is 0 Å². The van der Waals surface area contributed by atoms with Gasteiger partial charge in [-0.25, -0.2) is 0 Å². The summed E-state index contributed by atoms with van der Waals surface area (Å²) >= 11 is 0. The molecule has 0 heterocycles. The lowest BCUT2D eigenvalue weighted by Gasteiger charge is -2.14. The highest BCUT2D eigenvalue weighted by Gasteiger charge is 2.20. The lowest BCUT2D eigenvalue weighted by molar-refractivity contribution is -0.385. The second-order valence-electron chi connectivity index (χ2n) is 2.82. The molecule has 16 heavy (non-hydrogen) atoms. The third-order valence-corrected chi connectivity index (χ3v) is 1.91. The number of nitrogens with one attached hydrogen (secondary N) is 2. The van der Waals surface area contributed by atoms with Crippen LogP contribution in [0, 0.1) is 10.1 Å². The third-order valence-electron chi connectivity index (χ3n) is 1.91. The van der Waals surface area contributed by atoms with E-state index in [2.05, 4.69) is 10.6 Å². The van der Waals surface area contributed by atoms with Crippen LogP contribution in [-0.2, 0) is 9.59 Å². The van der Waals surface area contributed by atoms with Gasteiger partial charge in [0.15, 0.2) is 0 Å². The number of hydrogen-bond acceptors (Lipinski definition) is 4. The van der Waals surface area contributed by atoms with Crippen LogP contribution in [0.1, 0.15) is 11.7 Å². The molecule has 1 rings (SSSR count). The Balaban J connectivity index is 3.11. The number of carbonyl (C=O) groups excluding carboxylic acids is 2. The predicted molar refractivity (Wildman–Crippen MR) is 54.2 cm³/mol. The molecule has 7 nitrogen and oxygen atoms in total. The first-order valence-electron chi connectivity index (χ1n) is 4.33. The van der Waals surface area contributed by atoms with Crippen LogP contribution in [0.15, 0.2) is 24.3 Å². The molecule has 0 radical (unpaired) electrons. The minimum atomic E-state index is -0.906. The minimum Gasteiger partial charge on any atom is -0.334 e. The van der Waals surface area contributed by atoms with Crippen LogP contribution in [0.2, 0.25) is 0 Å². The van der Waals surface area contributed by atoms with Gasteiger partial charge in [-0.1, -0.05) is 12.1 Å². The Morgan fingerprint density at radius 1 is 1.19 bits per heavy atom. The molecule has 0 aliphatic carbocycles. The van der Waals surface area contributed by atoms with Crippen molar-refractivity contribution in [1.82, 2.24) is 10.6 Å². The molecule has 0 saturated heterocycles. The van der Waals surface area contributed by atoms with Crippen molar-refractivity contribution in [2.45, 2.75) is 6.17 Å². The molecule has 0 bridgehead atoms. The maximum absolute atomic E-state index is 10.7. The van der Waals surface area contributed by atoms with Gasteiger partial charge in [-0.2, -0.15) is 0 Å². The van der Waals surface area contributed by atoms with Crippen LogP contribution in [0.25, 0.3) is 0 Å². The SMILES string of the molecule is O=CNC(NC=O)c1ccccc1[N+](=O)[O-]. The van der Waals surface area contributed by atoms with E-state index >= 15 is 0 Å². The average Bonchev–Trinajstić information content (AvgIpc) is 2.29. The lowest BCUT2D eigenvalue weighted by atomic mass is 10.1. The van der Waals surface area contributed by atoms with Gasteiger partial charge in [0.1, 0.15) is 6.17 Å². The number of hydrogen-bond donors (Lipinski definition) is 2. The maximum Gasteiger partial charge on any atom is 0.276 e. The number of carbonyl (C=O) groups is 2. The van der Waals surface area contributed by atoms with Crippen molar-refractivity contribution >= 4 is 18.5 Å². The van der Waals surface area contributed by atoms with E-state index < -0.39 is 11.1 Å². The number of benzene rings is 1. The van der Waals surface area contributed by atoms with E-state index in [1.54, 1.807) is 6.07 Å².